The number of aryl methyl sites for hydroxylation is 1. The zero-order valence-electron chi connectivity index (χ0n) is 16.8. The molecule has 0 saturated heterocycles. The minimum absolute atomic E-state index is 0.172. The third kappa shape index (κ3) is 5.57. The monoisotopic (exact) mass is 425 g/mol. The van der Waals surface area contributed by atoms with Crippen molar-refractivity contribution in [1.29, 1.82) is 0 Å². The highest BCUT2D eigenvalue weighted by molar-refractivity contribution is 7.90. The largest absolute Gasteiger partial charge is 0.496 e. The lowest BCUT2D eigenvalue weighted by Gasteiger charge is -2.11. The minimum Gasteiger partial charge on any atom is -0.496 e. The van der Waals surface area contributed by atoms with Crippen molar-refractivity contribution in [2.75, 3.05) is 12.4 Å². The molecule has 0 aliphatic heterocycles. The number of carbonyl (C=O) groups excluding carboxylic acids is 1. The highest BCUT2D eigenvalue weighted by Gasteiger charge is 2.18. The molecule has 0 fully saturated rings. The fraction of sp³-hybridized carbons (Fsp3) is 0.182. The quantitative estimate of drug-likeness (QED) is 0.602. The molecule has 3 aromatic rings. The normalized spacial score (nSPS) is 11.0. The number of carbonyl (C=O) groups is 1. The highest BCUT2D eigenvalue weighted by Crippen LogP contribution is 2.25. The van der Waals surface area contributed by atoms with E-state index in [0.29, 0.717) is 23.5 Å². The van der Waals surface area contributed by atoms with Gasteiger partial charge in [-0.15, -0.1) is 0 Å². The second-order valence-corrected chi connectivity index (χ2v) is 8.76. The van der Waals surface area contributed by atoms with E-state index >= 15 is 0 Å². The van der Waals surface area contributed by atoms with Gasteiger partial charge in [-0.25, -0.2) is 13.2 Å². The number of ether oxygens (including phenoxy) is 1. The lowest BCUT2D eigenvalue weighted by atomic mass is 10.1. The molecule has 8 heteroatoms. The van der Waals surface area contributed by atoms with Crippen molar-refractivity contribution < 1.29 is 17.9 Å². The van der Waals surface area contributed by atoms with Gasteiger partial charge in [-0.1, -0.05) is 18.2 Å². The molecule has 3 rings (SSSR count). The average Bonchev–Trinajstić information content (AvgIpc) is 2.74. The maximum absolute atomic E-state index is 12.8. The zero-order chi connectivity index (χ0) is 21.6. The van der Waals surface area contributed by atoms with E-state index in [2.05, 4.69) is 15.6 Å². The number of hydrogen-bond acceptors (Lipinski definition) is 5. The number of urea groups is 1. The van der Waals surface area contributed by atoms with Crippen molar-refractivity contribution in [3.8, 4) is 5.75 Å². The number of amides is 2. The van der Waals surface area contributed by atoms with Crippen LogP contribution in [0.5, 0.6) is 5.75 Å². The van der Waals surface area contributed by atoms with Gasteiger partial charge in [-0.3, -0.25) is 4.98 Å². The van der Waals surface area contributed by atoms with E-state index in [0.717, 1.165) is 11.1 Å². The molecule has 0 aliphatic rings. The fourth-order valence-electron chi connectivity index (χ4n) is 2.87. The van der Waals surface area contributed by atoms with Crippen LogP contribution in [0.15, 0.2) is 71.9 Å². The number of rotatable bonds is 7. The number of pyridine rings is 1. The van der Waals surface area contributed by atoms with Gasteiger partial charge in [0.25, 0.3) is 0 Å². The van der Waals surface area contributed by atoms with Gasteiger partial charge in [-0.05, 0) is 54.4 Å². The summed E-state index contributed by atoms with van der Waals surface area (Å²) in [6.07, 6.45) is 3.33. The second kappa shape index (κ2) is 9.41. The first kappa shape index (κ1) is 21.3. The maximum atomic E-state index is 12.8. The van der Waals surface area contributed by atoms with E-state index in [1.807, 2.05) is 25.1 Å². The highest BCUT2D eigenvalue weighted by atomic mass is 32.2. The zero-order valence-corrected chi connectivity index (χ0v) is 17.6. The van der Waals surface area contributed by atoms with Gasteiger partial charge in [-0.2, -0.15) is 0 Å². The number of nitrogens with one attached hydrogen (secondary N) is 2. The Morgan fingerprint density at radius 2 is 1.87 bits per heavy atom. The van der Waals surface area contributed by atoms with Crippen LogP contribution in [-0.2, 0) is 22.1 Å². The Morgan fingerprint density at radius 3 is 2.53 bits per heavy atom. The summed E-state index contributed by atoms with van der Waals surface area (Å²) >= 11 is 0. The van der Waals surface area contributed by atoms with Gasteiger partial charge in [0.05, 0.1) is 17.8 Å². The molecule has 0 aliphatic carbocycles. The van der Waals surface area contributed by atoms with Crippen molar-refractivity contribution in [2.45, 2.75) is 24.1 Å². The van der Waals surface area contributed by atoms with Gasteiger partial charge in [0.1, 0.15) is 5.75 Å². The molecular formula is C22H23N3O4S. The Bertz CT molecular complexity index is 1110. The van der Waals surface area contributed by atoms with E-state index < -0.39 is 9.84 Å². The van der Waals surface area contributed by atoms with Crippen LogP contribution in [0.3, 0.4) is 0 Å². The Morgan fingerprint density at radius 1 is 1.10 bits per heavy atom. The molecule has 0 saturated carbocycles. The molecule has 0 bridgehead atoms. The van der Waals surface area contributed by atoms with Crippen LogP contribution >= 0.6 is 0 Å². The molecular weight excluding hydrogens is 402 g/mol. The Hall–Kier alpha value is -3.39. The van der Waals surface area contributed by atoms with Crippen LogP contribution in [0.4, 0.5) is 10.5 Å². The number of anilines is 1. The van der Waals surface area contributed by atoms with Crippen molar-refractivity contribution in [1.82, 2.24) is 10.3 Å². The minimum atomic E-state index is -3.57. The molecule has 2 N–H and O–H groups in total. The van der Waals surface area contributed by atoms with E-state index in [-0.39, 0.29) is 16.7 Å². The van der Waals surface area contributed by atoms with Crippen molar-refractivity contribution in [3.05, 3.63) is 83.7 Å². The molecule has 0 spiro atoms. The topological polar surface area (TPSA) is 97.4 Å². The first-order valence-corrected chi connectivity index (χ1v) is 10.9. The molecule has 2 aromatic carbocycles. The second-order valence-electron chi connectivity index (χ2n) is 6.77. The summed E-state index contributed by atoms with van der Waals surface area (Å²) in [5.74, 6) is 0.372. The Labute approximate surface area is 176 Å². The summed E-state index contributed by atoms with van der Waals surface area (Å²) in [5.41, 5.74) is 2.96. The van der Waals surface area contributed by atoms with Crippen molar-refractivity contribution >= 4 is 21.6 Å². The Balaban J connectivity index is 1.63. The number of nitrogens with zero attached hydrogens (tertiary/aromatic N) is 1. The predicted octanol–water partition coefficient (Wildman–Crippen LogP) is 3.69. The first-order valence-electron chi connectivity index (χ1n) is 9.27. The van der Waals surface area contributed by atoms with Crippen LogP contribution in [-0.4, -0.2) is 26.5 Å². The molecule has 156 valence electrons. The molecule has 2 amide bonds. The lowest BCUT2D eigenvalue weighted by molar-refractivity contribution is 0.251. The third-order valence-corrected chi connectivity index (χ3v) is 6.12. The van der Waals surface area contributed by atoms with Crippen LogP contribution in [0.2, 0.25) is 0 Å². The van der Waals surface area contributed by atoms with E-state index in [4.69, 9.17) is 4.74 Å². The van der Waals surface area contributed by atoms with Crippen molar-refractivity contribution in [2.24, 2.45) is 0 Å². The number of hydrogen-bond donors (Lipinski definition) is 2. The molecule has 1 heterocycles. The van der Waals surface area contributed by atoms with E-state index in [9.17, 15) is 13.2 Å². The number of aromatic nitrogens is 1. The molecule has 7 nitrogen and oxygen atoms in total. The Kier molecular flexibility index (Phi) is 6.68. The van der Waals surface area contributed by atoms with Crippen molar-refractivity contribution in [3.63, 3.8) is 0 Å². The van der Waals surface area contributed by atoms with Gasteiger partial charge in [0.15, 0.2) is 9.84 Å². The summed E-state index contributed by atoms with van der Waals surface area (Å²) in [6.45, 7) is 2.25. The molecule has 0 atom stereocenters. The molecule has 30 heavy (non-hydrogen) atoms. The van der Waals surface area contributed by atoms with E-state index in [1.165, 1.54) is 19.2 Å². The van der Waals surface area contributed by atoms with Crippen LogP contribution in [0.25, 0.3) is 0 Å². The summed E-state index contributed by atoms with van der Waals surface area (Å²) < 4.78 is 30.9. The van der Waals surface area contributed by atoms with E-state index in [1.54, 1.807) is 36.7 Å². The van der Waals surface area contributed by atoms with Gasteiger partial charge >= 0.3 is 6.03 Å². The molecule has 0 radical (unpaired) electrons. The number of benzene rings is 2. The smallest absolute Gasteiger partial charge is 0.319 e. The third-order valence-electron chi connectivity index (χ3n) is 4.44. The van der Waals surface area contributed by atoms with Gasteiger partial charge in [0.2, 0.25) is 0 Å². The molecule has 0 unspecified atom stereocenters. The summed E-state index contributed by atoms with van der Waals surface area (Å²) in [7, 11) is -2.05. The van der Waals surface area contributed by atoms with Crippen LogP contribution in [0, 0.1) is 6.92 Å². The summed E-state index contributed by atoms with van der Waals surface area (Å²) in [6, 6.07) is 14.8. The SMILES string of the molecule is COc1cc(C)ccc1CS(=O)(=O)c1ccc(NC(=O)NCc2cccnc2)cc1. The fourth-order valence-corrected chi connectivity index (χ4v) is 4.23. The molecule has 1 aromatic heterocycles. The van der Waals surface area contributed by atoms with Crippen LogP contribution < -0.4 is 15.4 Å². The van der Waals surface area contributed by atoms with Gasteiger partial charge in [0, 0.05) is 30.2 Å². The lowest BCUT2D eigenvalue weighted by Crippen LogP contribution is -2.28. The van der Waals surface area contributed by atoms with Crippen LogP contribution in [0.1, 0.15) is 16.7 Å². The van der Waals surface area contributed by atoms with Gasteiger partial charge < -0.3 is 15.4 Å². The number of methoxy groups -OCH3 is 1. The first-order chi connectivity index (χ1) is 14.4. The summed E-state index contributed by atoms with van der Waals surface area (Å²) in [4.78, 5) is 16.2. The average molecular weight is 426 g/mol. The maximum Gasteiger partial charge on any atom is 0.319 e. The predicted molar refractivity (Wildman–Crippen MR) is 115 cm³/mol. The number of sulfone groups is 1. The summed E-state index contributed by atoms with van der Waals surface area (Å²) in [5, 5.41) is 5.40. The standard InChI is InChI=1S/C22H23N3O4S/c1-16-5-6-18(21(12-16)29-2)15-30(27,28)20-9-7-19(8-10-20)25-22(26)24-14-17-4-3-11-23-13-17/h3-13H,14-15H2,1-2H3,(H2,24,25,26).